The topological polar surface area (TPSA) is 3.24 Å². The number of nitrogens with zero attached hydrogens (tertiary/aromatic N) is 1. The van der Waals surface area contributed by atoms with E-state index in [4.69, 9.17) is 12.2 Å². The van der Waals surface area contributed by atoms with Gasteiger partial charge >= 0.3 is 0 Å². The van der Waals surface area contributed by atoms with Crippen LogP contribution in [0.15, 0.2) is 0 Å². The summed E-state index contributed by atoms with van der Waals surface area (Å²) < 4.78 is 0. The monoisotopic (exact) mass is 193 g/mol. The normalized spacial score (nSPS) is 20.1. The van der Waals surface area contributed by atoms with Gasteiger partial charge < -0.3 is 4.90 Å². The lowest BCUT2D eigenvalue weighted by atomic mass is 10.4. The van der Waals surface area contributed by atoms with Crippen LogP contribution >= 0.6 is 28.1 Å². The summed E-state index contributed by atoms with van der Waals surface area (Å²) in [6, 6.07) is 0. The molecule has 0 amide bonds. The van der Waals surface area contributed by atoms with E-state index in [9.17, 15) is 0 Å². The Bertz CT molecular complexity index is 105. The molecule has 1 aliphatic rings. The van der Waals surface area contributed by atoms with E-state index in [2.05, 4.69) is 20.8 Å². The number of alkyl halides is 1. The molecule has 0 unspecified atom stereocenters. The highest BCUT2D eigenvalue weighted by atomic mass is 79.9. The second kappa shape index (κ2) is 2.78. The van der Waals surface area contributed by atoms with Crippen molar-refractivity contribution in [3.63, 3.8) is 0 Å². The van der Waals surface area contributed by atoms with Crippen LogP contribution in [0.1, 0.15) is 12.8 Å². The van der Waals surface area contributed by atoms with Crippen molar-refractivity contribution in [2.24, 2.45) is 0 Å². The van der Waals surface area contributed by atoms with Crippen molar-refractivity contribution in [2.45, 2.75) is 12.8 Å². The van der Waals surface area contributed by atoms with Gasteiger partial charge in [0.05, 0.1) is 10.4 Å². The van der Waals surface area contributed by atoms with E-state index in [-0.39, 0.29) is 0 Å². The van der Waals surface area contributed by atoms with Crippen LogP contribution in [0.2, 0.25) is 0 Å². The number of thiocarbonyl (C=S) groups is 1. The highest BCUT2D eigenvalue weighted by Gasteiger charge is 2.13. The Labute approximate surface area is 63.2 Å². The largest absolute Gasteiger partial charge is 0.356 e. The summed E-state index contributed by atoms with van der Waals surface area (Å²) in [5.41, 5.74) is 0.909. The Morgan fingerprint density at radius 2 is 2.50 bits per heavy atom. The van der Waals surface area contributed by atoms with Gasteiger partial charge in [0.1, 0.15) is 0 Å². The first-order valence-corrected chi connectivity index (χ1v) is 4.21. The molecule has 8 heavy (non-hydrogen) atoms. The van der Waals surface area contributed by atoms with Crippen LogP contribution in [-0.2, 0) is 0 Å². The van der Waals surface area contributed by atoms with Crippen molar-refractivity contribution in [1.29, 1.82) is 0 Å². The summed E-state index contributed by atoms with van der Waals surface area (Å²) in [7, 11) is 0. The van der Waals surface area contributed by atoms with Crippen LogP contribution in [-0.4, -0.2) is 21.9 Å². The number of rotatable bonds is 1. The van der Waals surface area contributed by atoms with Crippen LogP contribution in [0.4, 0.5) is 0 Å². The van der Waals surface area contributed by atoms with Crippen molar-refractivity contribution < 1.29 is 0 Å². The zero-order valence-electron chi connectivity index (χ0n) is 4.56. The van der Waals surface area contributed by atoms with Crippen LogP contribution in [0.25, 0.3) is 0 Å². The van der Waals surface area contributed by atoms with Gasteiger partial charge in [0, 0.05) is 6.54 Å². The van der Waals surface area contributed by atoms with E-state index in [0.717, 1.165) is 23.4 Å². The average Bonchev–Trinajstić information content (AvgIpc) is 2.14. The van der Waals surface area contributed by atoms with Crippen molar-refractivity contribution in [3.8, 4) is 0 Å². The quantitative estimate of drug-likeness (QED) is 0.355. The smallest absolute Gasteiger partial charge is 0.0786 e. The summed E-state index contributed by atoms with van der Waals surface area (Å²) in [5.74, 6) is 0. The van der Waals surface area contributed by atoms with Gasteiger partial charge in [0.2, 0.25) is 0 Å². The van der Waals surface area contributed by atoms with Gasteiger partial charge in [-0.2, -0.15) is 0 Å². The predicted molar refractivity (Wildman–Crippen MR) is 42.3 cm³/mol. The second-order valence-electron chi connectivity index (χ2n) is 1.88. The molecule has 0 spiro atoms. The van der Waals surface area contributed by atoms with Crippen molar-refractivity contribution in [2.75, 3.05) is 12.0 Å². The molecule has 0 bridgehead atoms. The van der Waals surface area contributed by atoms with Crippen LogP contribution < -0.4 is 0 Å². The molecular formula is C5H8BrNS. The molecule has 0 radical (unpaired) electrons. The Morgan fingerprint density at radius 3 is 2.75 bits per heavy atom. The van der Waals surface area contributed by atoms with Crippen molar-refractivity contribution in [1.82, 2.24) is 4.90 Å². The van der Waals surface area contributed by atoms with Gasteiger partial charge in [-0.25, -0.2) is 0 Å². The molecule has 0 N–H and O–H groups in total. The molecule has 0 aliphatic carbocycles. The standard InChI is InChI=1S/C5H8BrNS/c6-4-7-3-1-2-5(7)8/h1-4H2. The fourth-order valence-electron chi connectivity index (χ4n) is 0.830. The zero-order valence-corrected chi connectivity index (χ0v) is 6.96. The van der Waals surface area contributed by atoms with Gasteiger partial charge in [0.25, 0.3) is 0 Å². The molecular weight excluding hydrogens is 186 g/mol. The Hall–Kier alpha value is 0.370. The molecule has 1 heterocycles. The number of hydrogen-bond donors (Lipinski definition) is 0. The van der Waals surface area contributed by atoms with E-state index in [1.165, 1.54) is 6.42 Å². The number of hydrogen-bond acceptors (Lipinski definition) is 1. The first-order chi connectivity index (χ1) is 3.84. The maximum absolute atomic E-state index is 5.04. The number of likely N-dealkylation sites (tertiary alicyclic amines) is 1. The fourth-order valence-corrected chi connectivity index (χ4v) is 1.85. The first kappa shape index (κ1) is 6.49. The maximum Gasteiger partial charge on any atom is 0.0786 e. The van der Waals surface area contributed by atoms with Crippen molar-refractivity contribution >= 4 is 33.1 Å². The second-order valence-corrected chi connectivity index (χ2v) is 2.85. The molecule has 0 saturated carbocycles. The number of halogens is 1. The summed E-state index contributed by atoms with van der Waals surface area (Å²) in [6.45, 7) is 1.14. The molecule has 0 aromatic rings. The molecule has 0 atom stereocenters. The van der Waals surface area contributed by atoms with E-state index in [0.29, 0.717) is 0 Å². The minimum absolute atomic E-state index is 0.909. The minimum atomic E-state index is 0.909. The first-order valence-electron chi connectivity index (χ1n) is 2.68. The van der Waals surface area contributed by atoms with Crippen LogP contribution in [0.3, 0.4) is 0 Å². The Morgan fingerprint density at radius 1 is 1.75 bits per heavy atom. The average molecular weight is 194 g/mol. The van der Waals surface area contributed by atoms with E-state index < -0.39 is 0 Å². The fraction of sp³-hybridized carbons (Fsp3) is 0.800. The molecule has 1 aliphatic heterocycles. The van der Waals surface area contributed by atoms with Gasteiger partial charge in [-0.1, -0.05) is 28.1 Å². The van der Waals surface area contributed by atoms with Gasteiger partial charge in [-0.05, 0) is 12.8 Å². The van der Waals surface area contributed by atoms with Gasteiger partial charge in [-0.3, -0.25) is 0 Å². The molecule has 3 heteroatoms. The zero-order chi connectivity index (χ0) is 5.98. The van der Waals surface area contributed by atoms with Crippen LogP contribution in [0, 0.1) is 0 Å². The third-order valence-corrected chi connectivity index (χ3v) is 2.38. The third-order valence-electron chi connectivity index (χ3n) is 1.32. The lowest BCUT2D eigenvalue weighted by Crippen LogP contribution is -2.20. The van der Waals surface area contributed by atoms with Gasteiger partial charge in [-0.15, -0.1) is 0 Å². The molecule has 1 rings (SSSR count). The van der Waals surface area contributed by atoms with E-state index >= 15 is 0 Å². The van der Waals surface area contributed by atoms with E-state index in [1.807, 2.05) is 0 Å². The predicted octanol–water partition coefficient (Wildman–Crippen LogP) is 1.76. The Balaban J connectivity index is 2.42. The molecule has 1 nitrogen and oxygen atoms in total. The summed E-state index contributed by atoms with van der Waals surface area (Å²) in [5, 5.41) is 0. The highest BCUT2D eigenvalue weighted by molar-refractivity contribution is 9.09. The molecule has 1 saturated heterocycles. The molecule has 1 fully saturated rings. The highest BCUT2D eigenvalue weighted by Crippen LogP contribution is 2.11. The summed E-state index contributed by atoms with van der Waals surface area (Å²) in [4.78, 5) is 3.29. The minimum Gasteiger partial charge on any atom is -0.356 e. The lowest BCUT2D eigenvalue weighted by Gasteiger charge is -2.11. The SMILES string of the molecule is S=C1CCCN1CBr. The third kappa shape index (κ3) is 1.20. The maximum atomic E-state index is 5.04. The molecule has 46 valence electrons. The molecule has 0 aromatic carbocycles. The van der Waals surface area contributed by atoms with Gasteiger partial charge in [0.15, 0.2) is 0 Å². The molecule has 0 aromatic heterocycles. The van der Waals surface area contributed by atoms with E-state index in [1.54, 1.807) is 0 Å². The summed E-state index contributed by atoms with van der Waals surface area (Å²) >= 11 is 8.39. The summed E-state index contributed by atoms with van der Waals surface area (Å²) in [6.07, 6.45) is 2.35. The van der Waals surface area contributed by atoms with Crippen molar-refractivity contribution in [3.05, 3.63) is 0 Å². The van der Waals surface area contributed by atoms with Crippen LogP contribution in [0.5, 0.6) is 0 Å². The lowest BCUT2D eigenvalue weighted by molar-refractivity contribution is 0.542. The Kier molecular flexibility index (Phi) is 2.26.